The number of rotatable bonds is 6. The number of aliphatic hydroxyl groups excluding tert-OH is 1. The van der Waals surface area contributed by atoms with Crippen LogP contribution in [0.4, 0.5) is 0 Å². The monoisotopic (exact) mass is 329 g/mol. The molecule has 0 saturated heterocycles. The van der Waals surface area contributed by atoms with E-state index < -0.39 is 6.10 Å². The van der Waals surface area contributed by atoms with Crippen LogP contribution in [-0.2, 0) is 6.54 Å². The van der Waals surface area contributed by atoms with E-state index in [1.54, 1.807) is 6.92 Å². The predicted molar refractivity (Wildman–Crippen MR) is 99.8 cm³/mol. The summed E-state index contributed by atoms with van der Waals surface area (Å²) in [5, 5.41) is 13.2. The van der Waals surface area contributed by atoms with Crippen LogP contribution in [0.15, 0.2) is 40.8 Å². The molecule has 1 aromatic carbocycles. The number of aliphatic hydroxyl groups is 1. The number of nitrogens with one attached hydrogen (secondary N) is 1. The van der Waals surface area contributed by atoms with E-state index in [1.165, 1.54) is 0 Å². The Balaban J connectivity index is 2.00. The molecule has 0 saturated carbocycles. The summed E-state index contributed by atoms with van der Waals surface area (Å²) in [7, 11) is 0. The van der Waals surface area contributed by atoms with Crippen molar-refractivity contribution in [2.24, 2.45) is 5.41 Å². The molecular weight excluding hydrogens is 298 g/mol. The van der Waals surface area contributed by atoms with Crippen LogP contribution in [-0.4, -0.2) is 10.6 Å². The highest BCUT2D eigenvalue weighted by molar-refractivity contribution is 5.58. The number of hydrogen-bond acceptors (Lipinski definition) is 3. The molecule has 24 heavy (non-hydrogen) atoms. The van der Waals surface area contributed by atoms with Gasteiger partial charge in [0, 0.05) is 11.1 Å². The average molecular weight is 329 g/mol. The molecule has 2 rings (SSSR count). The molecule has 1 heterocycles. The minimum Gasteiger partial charge on any atom is -0.460 e. The van der Waals surface area contributed by atoms with Gasteiger partial charge in [-0.1, -0.05) is 45.0 Å². The van der Waals surface area contributed by atoms with Crippen LogP contribution in [0.1, 0.15) is 65.4 Å². The van der Waals surface area contributed by atoms with Crippen molar-refractivity contribution in [3.8, 4) is 11.3 Å². The number of furan rings is 1. The third-order valence-electron chi connectivity index (χ3n) is 4.05. The molecular formula is C21H31NO2. The zero-order chi connectivity index (χ0) is 18.0. The van der Waals surface area contributed by atoms with E-state index in [1.807, 2.05) is 36.4 Å². The van der Waals surface area contributed by atoms with Crippen molar-refractivity contribution in [1.82, 2.24) is 5.32 Å². The van der Waals surface area contributed by atoms with Gasteiger partial charge < -0.3 is 14.8 Å². The van der Waals surface area contributed by atoms with Crippen molar-refractivity contribution in [3.05, 3.63) is 47.7 Å². The zero-order valence-corrected chi connectivity index (χ0v) is 15.8. The van der Waals surface area contributed by atoms with Crippen molar-refractivity contribution < 1.29 is 9.52 Å². The van der Waals surface area contributed by atoms with E-state index in [4.69, 9.17) is 4.42 Å². The molecule has 2 aromatic rings. The van der Waals surface area contributed by atoms with Crippen LogP contribution in [0.2, 0.25) is 0 Å². The highest BCUT2D eigenvalue weighted by atomic mass is 16.3. The number of benzene rings is 1. The lowest BCUT2D eigenvalue weighted by molar-refractivity contribution is 0.199. The minimum absolute atomic E-state index is 0.0596. The maximum absolute atomic E-state index is 9.58. The van der Waals surface area contributed by atoms with Crippen LogP contribution in [0.5, 0.6) is 0 Å². The van der Waals surface area contributed by atoms with Crippen LogP contribution in [0.25, 0.3) is 11.3 Å². The second kappa shape index (κ2) is 7.12. The van der Waals surface area contributed by atoms with Gasteiger partial charge in [0.15, 0.2) is 0 Å². The quantitative estimate of drug-likeness (QED) is 0.755. The normalized spacial score (nSPS) is 14.0. The lowest BCUT2D eigenvalue weighted by atomic mass is 9.82. The Morgan fingerprint density at radius 1 is 1.00 bits per heavy atom. The predicted octanol–water partition coefficient (Wildman–Crippen LogP) is 5.30. The zero-order valence-electron chi connectivity index (χ0n) is 15.8. The Morgan fingerprint density at radius 3 is 2.17 bits per heavy atom. The van der Waals surface area contributed by atoms with Gasteiger partial charge in [0.2, 0.25) is 0 Å². The van der Waals surface area contributed by atoms with Gasteiger partial charge in [0.05, 0.1) is 12.6 Å². The average Bonchev–Trinajstić information content (AvgIpc) is 2.92. The van der Waals surface area contributed by atoms with Gasteiger partial charge in [-0.3, -0.25) is 0 Å². The molecule has 2 N–H and O–H groups in total. The van der Waals surface area contributed by atoms with Gasteiger partial charge in [-0.25, -0.2) is 0 Å². The summed E-state index contributed by atoms with van der Waals surface area (Å²) < 4.78 is 5.97. The first-order valence-electron chi connectivity index (χ1n) is 8.68. The van der Waals surface area contributed by atoms with Crippen molar-refractivity contribution in [2.75, 3.05) is 0 Å². The first-order chi connectivity index (χ1) is 11.1. The van der Waals surface area contributed by atoms with E-state index in [0.29, 0.717) is 0 Å². The highest BCUT2D eigenvalue weighted by Crippen LogP contribution is 2.28. The van der Waals surface area contributed by atoms with Crippen molar-refractivity contribution in [2.45, 2.75) is 66.2 Å². The molecule has 3 nitrogen and oxygen atoms in total. The lowest BCUT2D eigenvalue weighted by Gasteiger charge is -2.33. The lowest BCUT2D eigenvalue weighted by Crippen LogP contribution is -2.41. The standard InChI is InChI=1S/C21H31NO2/c1-15(23)16-7-9-17(10-8-16)19-12-11-18(24-19)13-22-21(5,6)14-20(2,3)4/h7-12,15,22-23H,13-14H2,1-6H3/t15-/m0/s1. The van der Waals surface area contributed by atoms with E-state index >= 15 is 0 Å². The first kappa shape index (κ1) is 18.8. The molecule has 0 aliphatic rings. The molecule has 132 valence electrons. The Hall–Kier alpha value is -1.58. The summed E-state index contributed by atoms with van der Waals surface area (Å²) in [5.41, 5.74) is 2.29. The molecule has 1 aromatic heterocycles. The summed E-state index contributed by atoms with van der Waals surface area (Å²) in [4.78, 5) is 0. The molecule has 1 atom stereocenters. The SMILES string of the molecule is C[C@H](O)c1ccc(-c2ccc(CNC(C)(C)CC(C)(C)C)o2)cc1. The smallest absolute Gasteiger partial charge is 0.134 e. The van der Waals surface area contributed by atoms with Crippen molar-refractivity contribution in [1.29, 1.82) is 0 Å². The van der Waals surface area contributed by atoms with E-state index in [-0.39, 0.29) is 11.0 Å². The summed E-state index contributed by atoms with van der Waals surface area (Å²) in [6.45, 7) is 13.7. The summed E-state index contributed by atoms with van der Waals surface area (Å²) in [6.07, 6.45) is 0.648. The Kier molecular flexibility index (Phi) is 5.56. The minimum atomic E-state index is -0.444. The molecule has 0 aliphatic heterocycles. The molecule has 0 amide bonds. The molecule has 0 fully saturated rings. The first-order valence-corrected chi connectivity index (χ1v) is 8.68. The van der Waals surface area contributed by atoms with Crippen molar-refractivity contribution >= 4 is 0 Å². The van der Waals surface area contributed by atoms with Gasteiger partial charge in [0.25, 0.3) is 0 Å². The van der Waals surface area contributed by atoms with Gasteiger partial charge in [-0.15, -0.1) is 0 Å². The maximum atomic E-state index is 9.58. The fourth-order valence-corrected chi connectivity index (χ4v) is 3.27. The fourth-order valence-electron chi connectivity index (χ4n) is 3.27. The van der Waals surface area contributed by atoms with E-state index in [0.717, 1.165) is 35.6 Å². The Morgan fingerprint density at radius 2 is 1.62 bits per heavy atom. The molecule has 0 spiro atoms. The van der Waals surface area contributed by atoms with Crippen LogP contribution < -0.4 is 5.32 Å². The second-order valence-corrected chi connectivity index (χ2v) is 8.54. The second-order valence-electron chi connectivity index (χ2n) is 8.54. The number of hydrogen-bond donors (Lipinski definition) is 2. The summed E-state index contributed by atoms with van der Waals surface area (Å²) in [6, 6.07) is 11.9. The van der Waals surface area contributed by atoms with E-state index in [9.17, 15) is 5.11 Å². The van der Waals surface area contributed by atoms with Gasteiger partial charge >= 0.3 is 0 Å². The molecule has 0 bridgehead atoms. The van der Waals surface area contributed by atoms with Gasteiger partial charge in [0.1, 0.15) is 11.5 Å². The van der Waals surface area contributed by atoms with E-state index in [2.05, 4.69) is 39.9 Å². The fraction of sp³-hybridized carbons (Fsp3) is 0.524. The van der Waals surface area contributed by atoms with Crippen LogP contribution >= 0.6 is 0 Å². The Labute approximate surface area is 146 Å². The third kappa shape index (κ3) is 5.50. The largest absolute Gasteiger partial charge is 0.460 e. The van der Waals surface area contributed by atoms with Crippen molar-refractivity contribution in [3.63, 3.8) is 0 Å². The van der Waals surface area contributed by atoms with Crippen LogP contribution in [0, 0.1) is 5.41 Å². The highest BCUT2D eigenvalue weighted by Gasteiger charge is 2.25. The van der Waals surface area contributed by atoms with Crippen LogP contribution in [0.3, 0.4) is 0 Å². The molecule has 3 heteroatoms. The van der Waals surface area contributed by atoms with Gasteiger partial charge in [-0.2, -0.15) is 0 Å². The topological polar surface area (TPSA) is 45.4 Å². The summed E-state index contributed by atoms with van der Waals surface area (Å²) >= 11 is 0. The van der Waals surface area contributed by atoms with Gasteiger partial charge in [-0.05, 0) is 50.3 Å². The maximum Gasteiger partial charge on any atom is 0.134 e. The third-order valence-corrected chi connectivity index (χ3v) is 4.05. The molecule has 0 radical (unpaired) electrons. The Bertz CT molecular complexity index is 645. The molecule has 0 unspecified atom stereocenters. The summed E-state index contributed by atoms with van der Waals surface area (Å²) in [5.74, 6) is 1.80. The molecule has 0 aliphatic carbocycles.